The van der Waals surface area contributed by atoms with Crippen LogP contribution in [0.25, 0.3) is 16.5 Å². The van der Waals surface area contributed by atoms with Gasteiger partial charge >= 0.3 is 5.91 Å². The van der Waals surface area contributed by atoms with Gasteiger partial charge in [0.05, 0.1) is 31.9 Å². The van der Waals surface area contributed by atoms with Crippen LogP contribution >= 0.6 is 23.1 Å². The van der Waals surface area contributed by atoms with Gasteiger partial charge in [-0.3, -0.25) is 14.5 Å². The molecule has 0 bridgehead atoms. The molecular formula is C35H31N3O6S2. The smallest absolute Gasteiger partial charge is 0.301 e. The van der Waals surface area contributed by atoms with Crippen LogP contribution in [0, 0.1) is 0 Å². The molecule has 4 aromatic carbocycles. The molecule has 1 saturated heterocycles. The molecule has 0 spiro atoms. The van der Waals surface area contributed by atoms with Crippen molar-refractivity contribution in [1.29, 1.82) is 0 Å². The van der Waals surface area contributed by atoms with Crippen LogP contribution in [0.4, 0.5) is 5.13 Å². The average molecular weight is 654 g/mol. The van der Waals surface area contributed by atoms with Crippen LogP contribution in [0.15, 0.2) is 94.8 Å². The van der Waals surface area contributed by atoms with Gasteiger partial charge in [-0.15, -0.1) is 10.2 Å². The first-order valence-electron chi connectivity index (χ1n) is 14.7. The molecule has 11 heteroatoms. The Labute approximate surface area is 274 Å². The topological polar surface area (TPSA) is 111 Å². The van der Waals surface area contributed by atoms with Crippen LogP contribution in [0.1, 0.15) is 36.6 Å². The van der Waals surface area contributed by atoms with E-state index in [9.17, 15) is 14.7 Å². The van der Waals surface area contributed by atoms with Gasteiger partial charge in [0.1, 0.15) is 11.5 Å². The van der Waals surface area contributed by atoms with Crippen molar-refractivity contribution in [2.45, 2.75) is 30.0 Å². The second-order valence-corrected chi connectivity index (χ2v) is 12.4. The number of thioether (sulfide) groups is 1. The number of amides is 1. The minimum Gasteiger partial charge on any atom is -0.507 e. The number of benzene rings is 4. The lowest BCUT2D eigenvalue weighted by atomic mass is 9.95. The van der Waals surface area contributed by atoms with E-state index < -0.39 is 17.7 Å². The number of aliphatic hydroxyl groups excluding tert-OH is 1. The van der Waals surface area contributed by atoms with Crippen LogP contribution < -0.4 is 19.1 Å². The molecule has 2 heterocycles. The van der Waals surface area contributed by atoms with Gasteiger partial charge in [0, 0.05) is 11.3 Å². The van der Waals surface area contributed by atoms with Crippen LogP contribution in [-0.4, -0.2) is 47.3 Å². The maximum Gasteiger partial charge on any atom is 0.301 e. The number of carbonyl (C=O) groups excluding carboxylic acids is 2. The normalized spacial score (nSPS) is 15.8. The number of aromatic nitrogens is 2. The van der Waals surface area contributed by atoms with Gasteiger partial charge in [0.15, 0.2) is 15.8 Å². The third-order valence-corrected chi connectivity index (χ3v) is 9.63. The minimum atomic E-state index is -0.999. The monoisotopic (exact) mass is 653 g/mol. The van der Waals surface area contributed by atoms with Gasteiger partial charge < -0.3 is 19.3 Å². The molecule has 1 aliphatic heterocycles. The van der Waals surface area contributed by atoms with Crippen LogP contribution in [0.5, 0.6) is 17.2 Å². The van der Waals surface area contributed by atoms with Crippen molar-refractivity contribution >= 4 is 56.5 Å². The third-order valence-electron chi connectivity index (χ3n) is 7.52. The Balaban J connectivity index is 1.40. The third kappa shape index (κ3) is 6.03. The molecule has 1 atom stereocenters. The fourth-order valence-corrected chi connectivity index (χ4v) is 7.27. The number of anilines is 1. The number of aliphatic hydroxyl groups is 1. The first-order valence-corrected chi connectivity index (χ1v) is 16.5. The summed E-state index contributed by atoms with van der Waals surface area (Å²) in [6.07, 6.45) is 0. The number of Topliss-reactive ketones (excluding diaryl/α,β-unsaturated/α-hetero) is 1. The van der Waals surface area contributed by atoms with E-state index in [1.807, 2.05) is 32.0 Å². The Bertz CT molecular complexity index is 1930. The van der Waals surface area contributed by atoms with Gasteiger partial charge in [-0.25, -0.2) is 0 Å². The Morgan fingerprint density at radius 2 is 1.65 bits per heavy atom. The highest BCUT2D eigenvalue weighted by Gasteiger charge is 2.48. The summed E-state index contributed by atoms with van der Waals surface area (Å²) in [5, 5.41) is 22.8. The number of hydrogen-bond acceptors (Lipinski definition) is 10. The van der Waals surface area contributed by atoms with Crippen LogP contribution in [0.3, 0.4) is 0 Å². The number of rotatable bonds is 11. The largest absolute Gasteiger partial charge is 0.507 e. The molecule has 1 aromatic heterocycles. The summed E-state index contributed by atoms with van der Waals surface area (Å²) < 4.78 is 17.5. The number of carbonyl (C=O) groups is 2. The summed E-state index contributed by atoms with van der Waals surface area (Å²) >= 11 is 2.72. The first kappa shape index (κ1) is 31.1. The molecule has 1 amide bonds. The summed E-state index contributed by atoms with van der Waals surface area (Å²) in [5.74, 6) is 0.272. The number of hydrogen-bond donors (Lipinski definition) is 1. The number of ether oxygens (including phenoxy) is 3. The number of nitrogens with zero attached hydrogens (tertiary/aromatic N) is 3. The van der Waals surface area contributed by atoms with Gasteiger partial charge in [0.2, 0.25) is 5.13 Å². The predicted octanol–water partition coefficient (Wildman–Crippen LogP) is 7.42. The highest BCUT2D eigenvalue weighted by atomic mass is 32.2. The van der Waals surface area contributed by atoms with E-state index in [2.05, 4.69) is 34.5 Å². The van der Waals surface area contributed by atoms with E-state index in [0.717, 1.165) is 16.3 Å². The maximum absolute atomic E-state index is 13.7. The second kappa shape index (κ2) is 13.6. The Morgan fingerprint density at radius 1 is 0.913 bits per heavy atom. The fraction of sp³-hybridized carbons (Fsp3) is 0.200. The molecule has 9 nitrogen and oxygen atoms in total. The summed E-state index contributed by atoms with van der Waals surface area (Å²) in [6, 6.07) is 25.2. The predicted molar refractivity (Wildman–Crippen MR) is 180 cm³/mol. The molecule has 234 valence electrons. The Hall–Kier alpha value is -4.87. The Morgan fingerprint density at radius 3 is 2.41 bits per heavy atom. The average Bonchev–Trinajstić information content (AvgIpc) is 3.66. The molecule has 0 aliphatic carbocycles. The maximum atomic E-state index is 13.7. The van der Waals surface area contributed by atoms with E-state index >= 15 is 0 Å². The molecule has 6 rings (SSSR count). The van der Waals surface area contributed by atoms with Crippen LogP contribution in [-0.2, 0) is 15.3 Å². The Kier molecular flexibility index (Phi) is 9.23. The molecule has 0 saturated carbocycles. The first-order chi connectivity index (χ1) is 22.4. The lowest BCUT2D eigenvalue weighted by Gasteiger charge is -2.23. The summed E-state index contributed by atoms with van der Waals surface area (Å²) in [6.45, 7) is 4.54. The standard InChI is InChI=1S/C35H31N3O6S2/c1-4-43-27-18-15-23(19-28(27)44-5-2)30-29(31(39)22-13-16-25(42-3)17-14-22)32(40)33(41)38(30)34-36-37-35(46-34)45-20-24-11-8-10-21-9-6-7-12-26(21)24/h6-19,30,39H,4-5,20H2,1-3H3. The van der Waals surface area contributed by atoms with Crippen molar-refractivity contribution in [3.8, 4) is 17.2 Å². The molecule has 1 unspecified atom stereocenters. The zero-order chi connectivity index (χ0) is 32.2. The van der Waals surface area contributed by atoms with Crippen molar-refractivity contribution in [1.82, 2.24) is 10.2 Å². The van der Waals surface area contributed by atoms with Crippen molar-refractivity contribution < 1.29 is 28.9 Å². The van der Waals surface area contributed by atoms with Gasteiger partial charge in [-0.2, -0.15) is 0 Å². The lowest BCUT2D eigenvalue weighted by Crippen LogP contribution is -2.29. The van der Waals surface area contributed by atoms with Crippen molar-refractivity contribution in [2.75, 3.05) is 25.2 Å². The zero-order valence-corrected chi connectivity index (χ0v) is 27.1. The highest BCUT2D eigenvalue weighted by molar-refractivity contribution is 8.00. The highest BCUT2D eigenvalue weighted by Crippen LogP contribution is 2.46. The van der Waals surface area contributed by atoms with Crippen LogP contribution in [0.2, 0.25) is 0 Å². The molecule has 46 heavy (non-hydrogen) atoms. The van der Waals surface area contributed by atoms with Gasteiger partial charge in [-0.05, 0) is 72.1 Å². The summed E-state index contributed by atoms with van der Waals surface area (Å²) in [5.41, 5.74) is 1.99. The SMILES string of the molecule is CCOc1ccc(C2C(=C(O)c3ccc(OC)cc3)C(=O)C(=O)N2c2nnc(SCc3cccc4ccccc34)s2)cc1OCC. The van der Waals surface area contributed by atoms with E-state index in [-0.39, 0.29) is 16.5 Å². The number of fused-ring (bicyclic) bond motifs is 1. The van der Waals surface area contributed by atoms with E-state index in [0.29, 0.717) is 51.7 Å². The van der Waals surface area contributed by atoms with Crippen molar-refractivity contribution in [3.05, 3.63) is 107 Å². The molecule has 0 radical (unpaired) electrons. The fourth-order valence-electron chi connectivity index (χ4n) is 5.40. The van der Waals surface area contributed by atoms with Crippen molar-refractivity contribution in [2.24, 2.45) is 0 Å². The molecule has 1 fully saturated rings. The van der Waals surface area contributed by atoms with E-state index in [1.165, 1.54) is 28.0 Å². The molecule has 1 N–H and O–H groups in total. The quantitative estimate of drug-likeness (QED) is 0.0512. The molecular weight excluding hydrogens is 623 g/mol. The minimum absolute atomic E-state index is 0.0677. The second-order valence-electron chi connectivity index (χ2n) is 10.2. The summed E-state index contributed by atoms with van der Waals surface area (Å²) in [4.78, 5) is 28.7. The van der Waals surface area contributed by atoms with Gasteiger partial charge in [0.25, 0.3) is 5.78 Å². The number of methoxy groups -OCH3 is 1. The number of ketones is 1. The van der Waals surface area contributed by atoms with Gasteiger partial charge in [-0.1, -0.05) is 71.6 Å². The van der Waals surface area contributed by atoms with E-state index in [4.69, 9.17) is 14.2 Å². The zero-order valence-electron chi connectivity index (χ0n) is 25.4. The van der Waals surface area contributed by atoms with Crippen molar-refractivity contribution in [3.63, 3.8) is 0 Å². The lowest BCUT2D eigenvalue weighted by molar-refractivity contribution is -0.132. The molecule has 1 aliphatic rings. The van der Waals surface area contributed by atoms with E-state index in [1.54, 1.807) is 49.6 Å². The molecule has 5 aromatic rings. The summed E-state index contributed by atoms with van der Waals surface area (Å²) in [7, 11) is 1.54.